The summed E-state index contributed by atoms with van der Waals surface area (Å²) in [6.07, 6.45) is -2.82. The van der Waals surface area contributed by atoms with E-state index in [1.54, 1.807) is 0 Å². The summed E-state index contributed by atoms with van der Waals surface area (Å²) in [7, 11) is 0. The van der Waals surface area contributed by atoms with E-state index in [9.17, 15) is 8.78 Å². The molecule has 0 amide bonds. The molecule has 42 valence electrons. The van der Waals surface area contributed by atoms with Crippen molar-refractivity contribution in [2.24, 2.45) is 5.92 Å². The molecule has 0 aromatic carbocycles. The first-order valence-corrected chi connectivity index (χ1v) is 2.15. The Morgan fingerprint density at radius 3 is 2.14 bits per heavy atom. The van der Waals surface area contributed by atoms with E-state index in [1.807, 2.05) is 0 Å². The lowest BCUT2D eigenvalue weighted by Gasteiger charge is -2.32. The Bertz CT molecular complexity index is 81.8. The summed E-state index contributed by atoms with van der Waals surface area (Å²) in [5.41, 5.74) is 0. The minimum Gasteiger partial charge on any atom is -0.320 e. The second-order valence-corrected chi connectivity index (χ2v) is 1.77. The third kappa shape index (κ3) is 0.608. The molecule has 0 aliphatic carbocycles. The summed E-state index contributed by atoms with van der Waals surface area (Å²) in [5.74, 6) is -0.576. The van der Waals surface area contributed by atoms with Crippen LogP contribution in [0.25, 0.3) is 0 Å². The van der Waals surface area contributed by atoms with Crippen LogP contribution in [0.5, 0.6) is 0 Å². The largest absolute Gasteiger partial charge is 0.360 e. The Labute approximate surface area is 40.3 Å². The van der Waals surface area contributed by atoms with Crippen LogP contribution in [0.15, 0.2) is 0 Å². The Balaban J connectivity index is 2.43. The molecule has 0 bridgehead atoms. The molecule has 3 heteroatoms. The van der Waals surface area contributed by atoms with Crippen LogP contribution in [0.4, 0.5) is 8.78 Å². The van der Waals surface area contributed by atoms with Gasteiger partial charge in [-0.3, -0.25) is 0 Å². The molecule has 1 atom stereocenters. The van der Waals surface area contributed by atoms with Crippen molar-refractivity contribution in [2.45, 2.75) is 13.0 Å². The summed E-state index contributed by atoms with van der Waals surface area (Å²) in [6, 6.07) is 0. The third-order valence-electron chi connectivity index (χ3n) is 1.10. The summed E-state index contributed by atoms with van der Waals surface area (Å²) < 4.78 is 27.3. The Morgan fingerprint density at radius 1 is 1.71 bits per heavy atom. The first-order valence-electron chi connectivity index (χ1n) is 2.15. The van der Waals surface area contributed by atoms with Gasteiger partial charge in [0.2, 0.25) is 0 Å². The number of halogens is 2. The van der Waals surface area contributed by atoms with Gasteiger partial charge >= 0.3 is 6.11 Å². The normalized spacial score (nSPS) is 37.3. The molecule has 1 nitrogen and oxygen atoms in total. The van der Waals surface area contributed by atoms with Crippen LogP contribution in [-0.4, -0.2) is 12.7 Å². The maximum absolute atomic E-state index is 11.7. The molecule has 1 saturated heterocycles. The number of hydrogen-bond acceptors (Lipinski definition) is 1. The summed E-state index contributed by atoms with van der Waals surface area (Å²) in [6.45, 7) is 1.66. The molecule has 0 saturated carbocycles. The van der Waals surface area contributed by atoms with Crippen molar-refractivity contribution in [1.29, 1.82) is 0 Å². The Hall–Kier alpha value is -0.180. The van der Waals surface area contributed by atoms with Crippen LogP contribution in [0.2, 0.25) is 0 Å². The lowest BCUT2D eigenvalue weighted by molar-refractivity contribution is -0.352. The zero-order valence-corrected chi connectivity index (χ0v) is 3.95. The van der Waals surface area contributed by atoms with Gasteiger partial charge in [0.05, 0.1) is 12.5 Å². The van der Waals surface area contributed by atoms with Crippen LogP contribution in [-0.2, 0) is 4.74 Å². The highest BCUT2D eigenvalue weighted by Crippen LogP contribution is 2.34. The molecule has 0 aromatic rings. The van der Waals surface area contributed by atoms with E-state index in [0.717, 1.165) is 0 Å². The average molecular weight is 108 g/mol. The highest BCUT2D eigenvalue weighted by molar-refractivity contribution is 4.71. The molecule has 1 aliphatic heterocycles. The fraction of sp³-hybridized carbons (Fsp3) is 1.00. The first-order chi connectivity index (χ1) is 3.13. The van der Waals surface area contributed by atoms with Gasteiger partial charge in [-0.05, 0) is 0 Å². The van der Waals surface area contributed by atoms with Crippen LogP contribution in [0.3, 0.4) is 0 Å². The zero-order valence-electron chi connectivity index (χ0n) is 3.95. The molecular formula is C4H6F2O. The molecular weight excluding hydrogens is 102 g/mol. The molecule has 1 heterocycles. The van der Waals surface area contributed by atoms with Gasteiger partial charge in [-0.15, -0.1) is 0 Å². The Kier molecular flexibility index (Phi) is 0.819. The highest BCUT2D eigenvalue weighted by atomic mass is 19.3. The predicted octanol–water partition coefficient (Wildman–Crippen LogP) is 1.25. The van der Waals surface area contributed by atoms with Gasteiger partial charge in [0, 0.05) is 0 Å². The number of alkyl halides is 2. The van der Waals surface area contributed by atoms with Gasteiger partial charge in [-0.2, -0.15) is 8.78 Å². The smallest absolute Gasteiger partial charge is 0.320 e. The van der Waals surface area contributed by atoms with E-state index in [4.69, 9.17) is 0 Å². The maximum Gasteiger partial charge on any atom is 0.360 e. The van der Waals surface area contributed by atoms with Gasteiger partial charge in [0.15, 0.2) is 0 Å². The highest BCUT2D eigenvalue weighted by Gasteiger charge is 2.46. The van der Waals surface area contributed by atoms with Crippen molar-refractivity contribution in [3.05, 3.63) is 0 Å². The van der Waals surface area contributed by atoms with E-state index in [1.165, 1.54) is 6.92 Å². The van der Waals surface area contributed by atoms with E-state index in [2.05, 4.69) is 4.74 Å². The fourth-order valence-corrected chi connectivity index (χ4v) is 0.376. The van der Waals surface area contributed by atoms with Crippen molar-refractivity contribution in [1.82, 2.24) is 0 Å². The molecule has 1 unspecified atom stereocenters. The molecule has 7 heavy (non-hydrogen) atoms. The topological polar surface area (TPSA) is 9.23 Å². The van der Waals surface area contributed by atoms with Gasteiger partial charge in [0.25, 0.3) is 0 Å². The molecule has 1 fully saturated rings. The molecule has 1 aliphatic rings. The summed E-state index contributed by atoms with van der Waals surface area (Å²) in [4.78, 5) is 0. The molecule has 0 aromatic heterocycles. The fourth-order valence-electron chi connectivity index (χ4n) is 0.376. The van der Waals surface area contributed by atoms with Crippen LogP contribution in [0.1, 0.15) is 6.92 Å². The third-order valence-corrected chi connectivity index (χ3v) is 1.10. The van der Waals surface area contributed by atoms with Crippen LogP contribution >= 0.6 is 0 Å². The molecule has 0 N–H and O–H groups in total. The second-order valence-electron chi connectivity index (χ2n) is 1.77. The maximum atomic E-state index is 11.7. The quantitative estimate of drug-likeness (QED) is 0.453. The Morgan fingerprint density at radius 2 is 2.14 bits per heavy atom. The van der Waals surface area contributed by atoms with Crippen LogP contribution < -0.4 is 0 Å². The van der Waals surface area contributed by atoms with Gasteiger partial charge in [-0.25, -0.2) is 0 Å². The minimum atomic E-state index is -2.82. The lowest BCUT2D eigenvalue weighted by Crippen LogP contribution is -2.44. The molecule has 1 rings (SSSR count). The monoisotopic (exact) mass is 108 g/mol. The number of rotatable bonds is 0. The van der Waals surface area contributed by atoms with Gasteiger partial charge in [-0.1, -0.05) is 6.92 Å². The minimum absolute atomic E-state index is 0.201. The first kappa shape index (κ1) is 4.97. The predicted molar refractivity (Wildman–Crippen MR) is 20.1 cm³/mol. The van der Waals surface area contributed by atoms with Crippen molar-refractivity contribution < 1.29 is 13.5 Å². The summed E-state index contributed by atoms with van der Waals surface area (Å²) in [5, 5.41) is 0. The molecule has 0 spiro atoms. The summed E-state index contributed by atoms with van der Waals surface area (Å²) >= 11 is 0. The van der Waals surface area contributed by atoms with E-state index >= 15 is 0 Å². The number of hydrogen-bond donors (Lipinski definition) is 0. The van der Waals surface area contributed by atoms with E-state index < -0.39 is 12.0 Å². The van der Waals surface area contributed by atoms with Crippen molar-refractivity contribution >= 4 is 0 Å². The number of ether oxygens (including phenoxy) is 1. The van der Waals surface area contributed by atoms with Crippen molar-refractivity contribution in [2.75, 3.05) is 6.61 Å². The van der Waals surface area contributed by atoms with Crippen molar-refractivity contribution in [3.8, 4) is 0 Å². The zero-order chi connectivity index (χ0) is 5.49. The second kappa shape index (κ2) is 1.15. The van der Waals surface area contributed by atoms with Gasteiger partial charge in [0.1, 0.15) is 0 Å². The standard InChI is InChI=1S/C4H6F2O/c1-3-2-7-4(3,5)6/h3H,2H2,1H3. The SMILES string of the molecule is CC1COC1(F)F. The van der Waals surface area contributed by atoms with Crippen LogP contribution in [0, 0.1) is 5.92 Å². The lowest BCUT2D eigenvalue weighted by atomic mass is 10.1. The van der Waals surface area contributed by atoms with Crippen molar-refractivity contribution in [3.63, 3.8) is 0 Å². The van der Waals surface area contributed by atoms with E-state index in [0.29, 0.717) is 0 Å². The molecule has 0 radical (unpaired) electrons. The average Bonchev–Trinajstić information content (AvgIpc) is 1.63. The van der Waals surface area contributed by atoms with Gasteiger partial charge < -0.3 is 4.74 Å². The van der Waals surface area contributed by atoms with E-state index in [-0.39, 0.29) is 6.61 Å².